The summed E-state index contributed by atoms with van der Waals surface area (Å²) in [6.07, 6.45) is 0.576. The van der Waals surface area contributed by atoms with Gasteiger partial charge < -0.3 is 42.6 Å². The van der Waals surface area contributed by atoms with E-state index in [2.05, 4.69) is 15.2 Å². The third-order valence-corrected chi connectivity index (χ3v) is 6.45. The number of methoxy groups -OCH3 is 3. The molecule has 0 bridgehead atoms. The van der Waals surface area contributed by atoms with Crippen molar-refractivity contribution in [3.63, 3.8) is 0 Å². The van der Waals surface area contributed by atoms with Crippen molar-refractivity contribution in [3.8, 4) is 11.5 Å². The monoisotopic (exact) mass is 672 g/mol. The van der Waals surface area contributed by atoms with E-state index >= 15 is 0 Å². The van der Waals surface area contributed by atoms with Crippen LogP contribution in [-0.2, 0) is 38.0 Å². The number of nitrogens with zero attached hydrogens (tertiary/aromatic N) is 1. The highest BCUT2D eigenvalue weighted by Gasteiger charge is 2.11. The maximum absolute atomic E-state index is 12.4. The number of nitrogens with one attached hydrogen (secondary N) is 1. The molecule has 48 heavy (non-hydrogen) atoms. The van der Waals surface area contributed by atoms with E-state index in [1.165, 1.54) is 25.5 Å². The van der Waals surface area contributed by atoms with Crippen molar-refractivity contribution >= 4 is 34.7 Å². The average Bonchev–Trinajstić information content (AvgIpc) is 3.10. The zero-order valence-corrected chi connectivity index (χ0v) is 27.6. The molecule has 1 N–H and O–H groups in total. The van der Waals surface area contributed by atoms with Crippen LogP contribution in [0.25, 0.3) is 10.8 Å². The van der Waals surface area contributed by atoms with Gasteiger partial charge >= 0.3 is 12.1 Å². The summed E-state index contributed by atoms with van der Waals surface area (Å²) in [5.41, 5.74) is 1.32. The van der Waals surface area contributed by atoms with Crippen LogP contribution in [0, 0.1) is 0 Å². The Morgan fingerprint density at radius 2 is 1.23 bits per heavy atom. The molecule has 14 heteroatoms. The van der Waals surface area contributed by atoms with Crippen LogP contribution in [-0.4, -0.2) is 119 Å². The molecule has 3 rings (SSSR count). The van der Waals surface area contributed by atoms with Crippen molar-refractivity contribution in [3.05, 3.63) is 65.7 Å². The first-order valence-corrected chi connectivity index (χ1v) is 15.4. The number of carbonyl (C=O) groups is 2. The number of carbonyl (C=O) groups excluding carboxylic acids is 2. The molecule has 262 valence electrons. The minimum atomic E-state index is -0.825. The number of amides is 1. The highest BCUT2D eigenvalue weighted by Crippen LogP contribution is 2.30. The second-order valence-electron chi connectivity index (χ2n) is 9.80. The first kappa shape index (κ1) is 38.1. The van der Waals surface area contributed by atoms with Gasteiger partial charge in [0.05, 0.1) is 85.0 Å². The van der Waals surface area contributed by atoms with Crippen molar-refractivity contribution in [1.82, 2.24) is 0 Å². The number of ether oxygens (including phenoxy) is 9. The molecular weight excluding hydrogens is 628 g/mol. The normalized spacial score (nSPS) is 11.1. The first-order chi connectivity index (χ1) is 23.5. The van der Waals surface area contributed by atoms with Crippen molar-refractivity contribution in [1.29, 1.82) is 0 Å². The SMILES string of the molecule is COCCOCCOCCOc1ccc2ccc(OCCOCCOCCOC)c(/C=N/OC(=O)Nc3ccc(C(=O)OC)cc3)c2c1. The number of rotatable bonds is 24. The lowest BCUT2D eigenvalue weighted by Crippen LogP contribution is -2.13. The minimum absolute atomic E-state index is 0.260. The molecule has 0 aliphatic rings. The highest BCUT2D eigenvalue weighted by atomic mass is 16.7. The van der Waals surface area contributed by atoms with Gasteiger partial charge in [0, 0.05) is 25.5 Å². The minimum Gasteiger partial charge on any atom is -0.491 e. The van der Waals surface area contributed by atoms with E-state index in [0.29, 0.717) is 101 Å². The molecule has 0 unspecified atom stereocenters. The highest BCUT2D eigenvalue weighted by molar-refractivity contribution is 6.03. The molecule has 0 saturated carbocycles. The second-order valence-corrected chi connectivity index (χ2v) is 9.80. The van der Waals surface area contributed by atoms with Crippen LogP contribution in [0.1, 0.15) is 15.9 Å². The van der Waals surface area contributed by atoms with E-state index in [-0.39, 0.29) is 6.61 Å². The summed E-state index contributed by atoms with van der Waals surface area (Å²) in [6, 6.07) is 15.5. The fraction of sp³-hybridized carbons (Fsp3) is 0.441. The van der Waals surface area contributed by atoms with E-state index in [1.807, 2.05) is 30.3 Å². The number of esters is 1. The van der Waals surface area contributed by atoms with E-state index in [4.69, 9.17) is 42.7 Å². The van der Waals surface area contributed by atoms with Gasteiger partial charge in [-0.1, -0.05) is 17.3 Å². The standard InChI is InChI=1S/C34H44N2O12/c1-39-12-14-42-16-18-44-20-22-46-29-10-6-26-7-11-32(47-23-21-45-19-17-43-15-13-40-2)31(30(26)24-29)25-35-48-34(38)36-28-8-4-27(5-9-28)33(37)41-3/h4-11,24-25H,12-23H2,1-3H3,(H,36,38)/b35-25+. The summed E-state index contributed by atoms with van der Waals surface area (Å²) in [5.74, 6) is 0.629. The van der Waals surface area contributed by atoms with Crippen molar-refractivity contribution in [2.75, 3.05) is 106 Å². The Morgan fingerprint density at radius 1 is 0.667 bits per heavy atom. The Morgan fingerprint density at radius 3 is 1.83 bits per heavy atom. The second kappa shape index (κ2) is 23.1. The van der Waals surface area contributed by atoms with Gasteiger partial charge in [-0.2, -0.15) is 0 Å². The van der Waals surface area contributed by atoms with Crippen LogP contribution < -0.4 is 14.8 Å². The van der Waals surface area contributed by atoms with Gasteiger partial charge in [0.1, 0.15) is 24.7 Å². The van der Waals surface area contributed by atoms with Gasteiger partial charge in [0.2, 0.25) is 0 Å². The molecule has 0 fully saturated rings. The molecule has 0 atom stereocenters. The fourth-order valence-electron chi connectivity index (χ4n) is 4.08. The molecule has 0 spiro atoms. The molecule has 0 aliphatic heterocycles. The molecule has 0 radical (unpaired) electrons. The topological polar surface area (TPSA) is 151 Å². The lowest BCUT2D eigenvalue weighted by atomic mass is 10.0. The Kier molecular flexibility index (Phi) is 18.3. The average molecular weight is 673 g/mol. The fourth-order valence-corrected chi connectivity index (χ4v) is 4.08. The molecule has 3 aromatic carbocycles. The number of fused-ring (bicyclic) bond motifs is 1. The van der Waals surface area contributed by atoms with Crippen molar-refractivity contribution in [2.24, 2.45) is 5.16 Å². The van der Waals surface area contributed by atoms with Crippen LogP contribution in [0.5, 0.6) is 11.5 Å². The Labute approximate surface area is 280 Å². The van der Waals surface area contributed by atoms with E-state index < -0.39 is 12.1 Å². The van der Waals surface area contributed by atoms with Gasteiger partial charge in [-0.25, -0.2) is 9.59 Å². The van der Waals surface area contributed by atoms with E-state index in [9.17, 15) is 9.59 Å². The molecular formula is C34H44N2O12. The molecule has 14 nitrogen and oxygen atoms in total. The van der Waals surface area contributed by atoms with Crippen LogP contribution in [0.4, 0.5) is 10.5 Å². The number of anilines is 1. The first-order valence-electron chi connectivity index (χ1n) is 15.4. The predicted octanol–water partition coefficient (Wildman–Crippen LogP) is 4.33. The number of benzene rings is 3. The summed E-state index contributed by atoms with van der Waals surface area (Å²) < 4.78 is 48.5. The maximum atomic E-state index is 12.4. The molecule has 0 heterocycles. The Hall–Kier alpha value is -4.31. The smallest absolute Gasteiger partial charge is 0.437 e. The Balaban J connectivity index is 1.63. The Bertz CT molecular complexity index is 1400. The van der Waals surface area contributed by atoms with Crippen molar-refractivity contribution < 1.29 is 57.1 Å². The van der Waals surface area contributed by atoms with Gasteiger partial charge in [0.15, 0.2) is 0 Å². The lowest BCUT2D eigenvalue weighted by molar-refractivity contribution is 0.0179. The van der Waals surface area contributed by atoms with Gasteiger partial charge in [-0.3, -0.25) is 10.2 Å². The van der Waals surface area contributed by atoms with Crippen LogP contribution >= 0.6 is 0 Å². The lowest BCUT2D eigenvalue weighted by Gasteiger charge is -2.13. The quantitative estimate of drug-likeness (QED) is 0.0474. The summed E-state index contributed by atoms with van der Waals surface area (Å²) in [5, 5.41) is 8.13. The number of oxime groups is 1. The van der Waals surface area contributed by atoms with Gasteiger partial charge in [-0.05, 0) is 53.2 Å². The molecule has 0 aromatic heterocycles. The number of hydrogen-bond donors (Lipinski definition) is 1. The summed E-state index contributed by atoms with van der Waals surface area (Å²) >= 11 is 0. The maximum Gasteiger partial charge on any atom is 0.437 e. The third-order valence-electron chi connectivity index (χ3n) is 6.45. The molecule has 3 aromatic rings. The van der Waals surface area contributed by atoms with E-state index in [0.717, 1.165) is 10.8 Å². The van der Waals surface area contributed by atoms with Crippen LogP contribution in [0.15, 0.2) is 59.8 Å². The van der Waals surface area contributed by atoms with Crippen LogP contribution in [0.3, 0.4) is 0 Å². The number of hydrogen-bond acceptors (Lipinski definition) is 13. The van der Waals surface area contributed by atoms with Gasteiger partial charge in [0.25, 0.3) is 0 Å². The predicted molar refractivity (Wildman–Crippen MR) is 177 cm³/mol. The summed E-state index contributed by atoms with van der Waals surface area (Å²) in [4.78, 5) is 29.2. The summed E-state index contributed by atoms with van der Waals surface area (Å²) in [7, 11) is 4.53. The summed E-state index contributed by atoms with van der Waals surface area (Å²) in [6.45, 7) is 5.17. The third kappa shape index (κ3) is 14.2. The van der Waals surface area contributed by atoms with Crippen molar-refractivity contribution in [2.45, 2.75) is 0 Å². The largest absolute Gasteiger partial charge is 0.491 e. The zero-order valence-electron chi connectivity index (χ0n) is 27.6. The van der Waals surface area contributed by atoms with Gasteiger partial charge in [-0.15, -0.1) is 0 Å². The molecule has 0 saturated heterocycles. The van der Waals surface area contributed by atoms with E-state index in [1.54, 1.807) is 26.4 Å². The zero-order chi connectivity index (χ0) is 34.2. The molecule has 0 aliphatic carbocycles. The van der Waals surface area contributed by atoms with Crippen LogP contribution in [0.2, 0.25) is 0 Å². The molecule has 1 amide bonds.